The van der Waals surface area contributed by atoms with Crippen molar-refractivity contribution >= 4 is 22.4 Å². The maximum atomic E-state index is 14.9. The van der Waals surface area contributed by atoms with Gasteiger partial charge in [0.1, 0.15) is 17.2 Å². The standard InChI is InChI=1S/C22H15F2N5/c1-12-6-7-26-19-16(12)10-14(11-17(19)24)20-18(13-2-4-15(23)5-3-13)28-21(25)22-27-8-9-29(20)22/h2-11H,1H3,(H2,25,28). The molecule has 2 N–H and O–H groups in total. The van der Waals surface area contributed by atoms with Gasteiger partial charge < -0.3 is 5.73 Å². The molecule has 7 heteroatoms. The van der Waals surface area contributed by atoms with E-state index in [4.69, 9.17) is 5.73 Å². The largest absolute Gasteiger partial charge is 0.381 e. The fraction of sp³-hybridized carbons (Fsp3) is 0.0455. The second kappa shape index (κ2) is 6.34. The maximum absolute atomic E-state index is 14.9. The zero-order valence-corrected chi connectivity index (χ0v) is 15.4. The Labute approximate surface area is 164 Å². The van der Waals surface area contributed by atoms with Crippen LogP contribution < -0.4 is 5.73 Å². The second-order valence-electron chi connectivity index (χ2n) is 6.80. The van der Waals surface area contributed by atoms with Crippen LogP contribution in [0.3, 0.4) is 0 Å². The number of anilines is 1. The number of aryl methyl sites for hydroxylation is 1. The summed E-state index contributed by atoms with van der Waals surface area (Å²) in [4.78, 5) is 12.9. The lowest BCUT2D eigenvalue weighted by molar-refractivity contribution is 0.628. The number of benzene rings is 2. The fourth-order valence-corrected chi connectivity index (χ4v) is 3.58. The Balaban J connectivity index is 1.89. The van der Waals surface area contributed by atoms with E-state index in [1.54, 1.807) is 35.1 Å². The lowest BCUT2D eigenvalue weighted by Crippen LogP contribution is -2.04. The molecule has 0 unspecified atom stereocenters. The predicted octanol–water partition coefficient (Wildman–Crippen LogP) is 4.78. The number of rotatable bonds is 2. The Morgan fingerprint density at radius 2 is 1.72 bits per heavy atom. The molecule has 0 saturated heterocycles. The van der Waals surface area contributed by atoms with Gasteiger partial charge in [-0.15, -0.1) is 0 Å². The summed E-state index contributed by atoms with van der Waals surface area (Å²) in [5, 5.41) is 0.706. The fourth-order valence-electron chi connectivity index (χ4n) is 3.58. The molecular weight excluding hydrogens is 372 g/mol. The molecule has 142 valence electrons. The van der Waals surface area contributed by atoms with E-state index in [1.165, 1.54) is 18.2 Å². The van der Waals surface area contributed by atoms with Crippen molar-refractivity contribution in [2.24, 2.45) is 0 Å². The van der Waals surface area contributed by atoms with E-state index in [0.717, 1.165) is 5.56 Å². The first kappa shape index (κ1) is 17.2. The molecule has 0 fully saturated rings. The van der Waals surface area contributed by atoms with E-state index in [1.807, 2.05) is 19.1 Å². The second-order valence-corrected chi connectivity index (χ2v) is 6.80. The van der Waals surface area contributed by atoms with Gasteiger partial charge in [-0.1, -0.05) is 0 Å². The first-order valence-electron chi connectivity index (χ1n) is 8.96. The zero-order valence-electron chi connectivity index (χ0n) is 15.4. The monoisotopic (exact) mass is 387 g/mol. The Bertz CT molecular complexity index is 1390. The van der Waals surface area contributed by atoms with E-state index in [2.05, 4.69) is 15.0 Å². The van der Waals surface area contributed by atoms with Crippen molar-refractivity contribution in [2.75, 3.05) is 5.73 Å². The van der Waals surface area contributed by atoms with Crippen LogP contribution in [0.15, 0.2) is 61.1 Å². The zero-order chi connectivity index (χ0) is 20.1. The van der Waals surface area contributed by atoms with Crippen LogP contribution in [0.25, 0.3) is 39.1 Å². The van der Waals surface area contributed by atoms with Gasteiger partial charge in [-0.2, -0.15) is 0 Å². The first-order valence-corrected chi connectivity index (χ1v) is 8.96. The number of pyridine rings is 1. The summed E-state index contributed by atoms with van der Waals surface area (Å²) in [6.45, 7) is 1.90. The molecule has 0 aliphatic rings. The highest BCUT2D eigenvalue weighted by atomic mass is 19.1. The van der Waals surface area contributed by atoms with Gasteiger partial charge in [0.05, 0.1) is 11.4 Å². The van der Waals surface area contributed by atoms with E-state index in [0.29, 0.717) is 39.1 Å². The van der Waals surface area contributed by atoms with Crippen molar-refractivity contribution in [1.82, 2.24) is 19.4 Å². The molecule has 0 radical (unpaired) electrons. The normalized spacial score (nSPS) is 11.4. The molecule has 0 aliphatic carbocycles. The van der Waals surface area contributed by atoms with Crippen LogP contribution >= 0.6 is 0 Å². The van der Waals surface area contributed by atoms with Crippen LogP contribution in [0.5, 0.6) is 0 Å². The van der Waals surface area contributed by atoms with Gasteiger partial charge >= 0.3 is 0 Å². The van der Waals surface area contributed by atoms with Gasteiger partial charge in [0.25, 0.3) is 0 Å². The SMILES string of the molecule is Cc1ccnc2c(F)cc(-c3c(-c4ccc(F)cc4)nc(N)c4nccn34)cc12. The van der Waals surface area contributed by atoms with Crippen molar-refractivity contribution in [3.63, 3.8) is 0 Å². The summed E-state index contributed by atoms with van der Waals surface area (Å²) in [6, 6.07) is 11.1. The number of hydrogen-bond acceptors (Lipinski definition) is 4. The molecule has 5 rings (SSSR count). The van der Waals surface area contributed by atoms with Crippen LogP contribution in [0, 0.1) is 18.6 Å². The first-order chi connectivity index (χ1) is 14.0. The van der Waals surface area contributed by atoms with Crippen LogP contribution in [0.4, 0.5) is 14.6 Å². The molecule has 29 heavy (non-hydrogen) atoms. The van der Waals surface area contributed by atoms with Crippen molar-refractivity contribution in [3.05, 3.63) is 78.3 Å². The van der Waals surface area contributed by atoms with Gasteiger partial charge in [-0.3, -0.25) is 9.38 Å². The average Bonchev–Trinajstić information content (AvgIpc) is 3.19. The van der Waals surface area contributed by atoms with Gasteiger partial charge in [-0.25, -0.2) is 18.7 Å². The third-order valence-electron chi connectivity index (χ3n) is 4.97. The Morgan fingerprint density at radius 1 is 0.931 bits per heavy atom. The number of halogens is 2. The van der Waals surface area contributed by atoms with Gasteiger partial charge in [0, 0.05) is 35.1 Å². The number of nitrogens with zero attached hydrogens (tertiary/aromatic N) is 4. The molecule has 0 aliphatic heterocycles. The third kappa shape index (κ3) is 2.70. The number of hydrogen-bond donors (Lipinski definition) is 1. The molecule has 0 saturated carbocycles. The number of imidazole rings is 1. The van der Waals surface area contributed by atoms with Crippen LogP contribution in [-0.2, 0) is 0 Å². The minimum Gasteiger partial charge on any atom is -0.381 e. The molecule has 5 nitrogen and oxygen atoms in total. The van der Waals surface area contributed by atoms with Crippen molar-refractivity contribution in [1.29, 1.82) is 0 Å². The van der Waals surface area contributed by atoms with Crippen molar-refractivity contribution in [2.45, 2.75) is 6.92 Å². The molecular formula is C22H15F2N5. The summed E-state index contributed by atoms with van der Waals surface area (Å²) in [7, 11) is 0. The summed E-state index contributed by atoms with van der Waals surface area (Å²) in [6.07, 6.45) is 4.94. The van der Waals surface area contributed by atoms with Gasteiger partial charge in [0.15, 0.2) is 11.5 Å². The smallest absolute Gasteiger partial charge is 0.180 e. The molecule has 3 heterocycles. The molecule has 0 amide bonds. The van der Waals surface area contributed by atoms with E-state index in [9.17, 15) is 8.78 Å². The predicted molar refractivity (Wildman–Crippen MR) is 108 cm³/mol. The topological polar surface area (TPSA) is 69.1 Å². The molecule has 2 aromatic carbocycles. The Morgan fingerprint density at radius 3 is 2.52 bits per heavy atom. The third-order valence-corrected chi connectivity index (χ3v) is 4.97. The highest BCUT2D eigenvalue weighted by Crippen LogP contribution is 2.35. The summed E-state index contributed by atoms with van der Waals surface area (Å²) in [5.74, 6) is -0.557. The number of nitrogens with two attached hydrogens (primary N) is 1. The summed E-state index contributed by atoms with van der Waals surface area (Å²) in [5.41, 5.74) is 10.2. The number of fused-ring (bicyclic) bond motifs is 2. The lowest BCUT2D eigenvalue weighted by atomic mass is 10.00. The number of nitrogen functional groups attached to an aromatic ring is 1. The average molecular weight is 387 g/mol. The molecule has 3 aromatic heterocycles. The minimum atomic E-state index is -0.434. The highest BCUT2D eigenvalue weighted by molar-refractivity contribution is 5.91. The Hall–Kier alpha value is -3.87. The van der Waals surface area contributed by atoms with Crippen LogP contribution in [0.2, 0.25) is 0 Å². The quantitative estimate of drug-likeness (QED) is 0.473. The summed E-state index contributed by atoms with van der Waals surface area (Å²) >= 11 is 0. The maximum Gasteiger partial charge on any atom is 0.180 e. The molecule has 0 spiro atoms. The molecule has 0 bridgehead atoms. The lowest BCUT2D eigenvalue weighted by Gasteiger charge is -2.15. The van der Waals surface area contributed by atoms with Crippen molar-refractivity contribution in [3.8, 4) is 22.5 Å². The van der Waals surface area contributed by atoms with Gasteiger partial charge in [0.2, 0.25) is 0 Å². The van der Waals surface area contributed by atoms with Gasteiger partial charge in [-0.05, 0) is 55.0 Å². The van der Waals surface area contributed by atoms with Crippen LogP contribution in [-0.4, -0.2) is 19.4 Å². The highest BCUT2D eigenvalue weighted by Gasteiger charge is 2.19. The van der Waals surface area contributed by atoms with E-state index in [-0.39, 0.29) is 11.6 Å². The minimum absolute atomic E-state index is 0.234. The van der Waals surface area contributed by atoms with Crippen LogP contribution in [0.1, 0.15) is 5.56 Å². The number of aromatic nitrogens is 4. The summed E-state index contributed by atoms with van der Waals surface area (Å²) < 4.78 is 30.2. The van der Waals surface area contributed by atoms with E-state index >= 15 is 0 Å². The molecule has 5 aromatic rings. The molecule has 0 atom stereocenters. The van der Waals surface area contributed by atoms with E-state index < -0.39 is 5.82 Å². The Kier molecular flexibility index (Phi) is 3.77. The van der Waals surface area contributed by atoms with Crippen molar-refractivity contribution < 1.29 is 8.78 Å².